The van der Waals surface area contributed by atoms with E-state index < -0.39 is 0 Å². The van der Waals surface area contributed by atoms with E-state index in [-0.39, 0.29) is 11.1 Å². The van der Waals surface area contributed by atoms with Crippen molar-refractivity contribution in [2.24, 2.45) is 0 Å². The molecule has 17 heavy (non-hydrogen) atoms. The van der Waals surface area contributed by atoms with Crippen LogP contribution in [0.4, 0.5) is 0 Å². The molecular weight excluding hydrogens is 256 g/mol. The van der Waals surface area contributed by atoms with E-state index in [1.54, 1.807) is 22.8 Å². The van der Waals surface area contributed by atoms with Crippen LogP contribution >= 0.6 is 22.9 Å². The normalized spacial score (nSPS) is 10.2. The molecule has 0 bridgehead atoms. The van der Waals surface area contributed by atoms with Gasteiger partial charge in [-0.15, -0.1) is 11.3 Å². The molecule has 86 valence electrons. The van der Waals surface area contributed by atoms with Crippen LogP contribution in [0.3, 0.4) is 0 Å². The molecule has 5 heteroatoms. The summed E-state index contributed by atoms with van der Waals surface area (Å²) in [6, 6.07) is 8.91. The zero-order valence-electron chi connectivity index (χ0n) is 9.11. The lowest BCUT2D eigenvalue weighted by atomic mass is 10.2. The largest absolute Gasteiger partial charge is 0.307 e. The molecule has 0 unspecified atom stereocenters. The maximum absolute atomic E-state index is 11.9. The van der Waals surface area contributed by atoms with Crippen molar-refractivity contribution in [3.8, 4) is 6.07 Å². The third kappa shape index (κ3) is 2.41. The average Bonchev–Trinajstić information content (AvgIpc) is 2.70. The van der Waals surface area contributed by atoms with Crippen LogP contribution in [0.1, 0.15) is 16.1 Å². The third-order valence-corrected chi connectivity index (χ3v) is 3.67. The number of hydrogen-bond donors (Lipinski definition) is 0. The fourth-order valence-corrected chi connectivity index (χ4v) is 2.62. The molecule has 0 fully saturated rings. The van der Waals surface area contributed by atoms with Gasteiger partial charge in [-0.1, -0.05) is 11.6 Å². The summed E-state index contributed by atoms with van der Waals surface area (Å²) in [5.74, 6) is 0. The summed E-state index contributed by atoms with van der Waals surface area (Å²) in [4.78, 5) is 12.9. The van der Waals surface area contributed by atoms with Crippen molar-refractivity contribution in [3.63, 3.8) is 0 Å². The highest BCUT2D eigenvalue weighted by atomic mass is 35.5. The van der Waals surface area contributed by atoms with Crippen molar-refractivity contribution in [1.82, 2.24) is 4.57 Å². The molecule has 0 saturated carbocycles. The average molecular weight is 265 g/mol. The fraction of sp³-hybridized carbons (Fsp3) is 0.167. The zero-order valence-corrected chi connectivity index (χ0v) is 10.7. The van der Waals surface area contributed by atoms with Crippen LogP contribution in [-0.2, 0) is 6.54 Å². The number of hydrogen-bond acceptors (Lipinski definition) is 3. The predicted octanol–water partition coefficient (Wildman–Crippen LogP) is 2.79. The van der Waals surface area contributed by atoms with Gasteiger partial charge in [-0.25, -0.2) is 0 Å². The van der Waals surface area contributed by atoms with E-state index in [2.05, 4.69) is 0 Å². The van der Waals surface area contributed by atoms with Crippen LogP contribution in [0, 0.1) is 18.3 Å². The lowest BCUT2D eigenvalue weighted by molar-refractivity contribution is 0.736. The number of nitriles is 1. The van der Waals surface area contributed by atoms with Crippen molar-refractivity contribution in [1.29, 1.82) is 5.26 Å². The molecule has 0 aromatic carbocycles. The molecule has 0 saturated heterocycles. The van der Waals surface area contributed by atoms with Crippen molar-refractivity contribution >= 4 is 22.9 Å². The first-order chi connectivity index (χ1) is 8.11. The first-order valence-corrected chi connectivity index (χ1v) is 6.16. The smallest absolute Gasteiger partial charge is 0.268 e. The molecule has 2 heterocycles. The molecule has 0 aliphatic rings. The summed E-state index contributed by atoms with van der Waals surface area (Å²) in [7, 11) is 0. The van der Waals surface area contributed by atoms with Crippen molar-refractivity contribution < 1.29 is 0 Å². The van der Waals surface area contributed by atoms with E-state index in [4.69, 9.17) is 16.9 Å². The lowest BCUT2D eigenvalue weighted by Crippen LogP contribution is -2.24. The number of aromatic nitrogens is 1. The second kappa shape index (κ2) is 4.74. The SMILES string of the molecule is Cc1ccc(C#N)c(=O)n1Cc1ccc(Cl)s1. The molecule has 0 atom stereocenters. The Labute approximate surface area is 108 Å². The van der Waals surface area contributed by atoms with Gasteiger partial charge in [0, 0.05) is 10.6 Å². The van der Waals surface area contributed by atoms with Gasteiger partial charge in [0.05, 0.1) is 10.9 Å². The molecule has 2 rings (SSSR count). The van der Waals surface area contributed by atoms with Gasteiger partial charge in [0.25, 0.3) is 5.56 Å². The molecule has 2 aromatic heterocycles. The summed E-state index contributed by atoms with van der Waals surface area (Å²) in [6.45, 7) is 2.30. The van der Waals surface area contributed by atoms with E-state index in [0.29, 0.717) is 10.9 Å². The lowest BCUT2D eigenvalue weighted by Gasteiger charge is -2.08. The number of halogens is 1. The maximum Gasteiger partial charge on any atom is 0.268 e. The molecule has 2 aromatic rings. The molecule has 0 amide bonds. The number of thiophene rings is 1. The van der Waals surface area contributed by atoms with Gasteiger partial charge in [0.2, 0.25) is 0 Å². The Balaban J connectivity index is 2.46. The van der Waals surface area contributed by atoms with E-state index in [0.717, 1.165) is 10.6 Å². The number of pyridine rings is 1. The minimum Gasteiger partial charge on any atom is -0.307 e. The Hall–Kier alpha value is -1.57. The summed E-state index contributed by atoms with van der Waals surface area (Å²) in [5, 5.41) is 8.82. The van der Waals surface area contributed by atoms with Crippen molar-refractivity contribution in [2.75, 3.05) is 0 Å². The molecule has 0 aliphatic heterocycles. The van der Waals surface area contributed by atoms with Gasteiger partial charge >= 0.3 is 0 Å². The Kier molecular flexibility index (Phi) is 3.32. The topological polar surface area (TPSA) is 45.8 Å². The first-order valence-electron chi connectivity index (χ1n) is 4.96. The van der Waals surface area contributed by atoms with E-state index in [9.17, 15) is 4.79 Å². The fourth-order valence-electron chi connectivity index (χ4n) is 1.54. The minimum absolute atomic E-state index is 0.165. The van der Waals surface area contributed by atoms with Crippen LogP contribution in [0.15, 0.2) is 29.1 Å². The van der Waals surface area contributed by atoms with Crippen LogP contribution in [0.5, 0.6) is 0 Å². The summed E-state index contributed by atoms with van der Waals surface area (Å²) in [6.07, 6.45) is 0. The molecule has 0 spiro atoms. The van der Waals surface area contributed by atoms with Crippen molar-refractivity contribution in [2.45, 2.75) is 13.5 Å². The quantitative estimate of drug-likeness (QED) is 0.837. The van der Waals surface area contributed by atoms with Gasteiger partial charge in [-0.2, -0.15) is 5.26 Å². The molecular formula is C12H9ClN2OS. The van der Waals surface area contributed by atoms with Crippen molar-refractivity contribution in [3.05, 3.63) is 55.1 Å². The third-order valence-electron chi connectivity index (χ3n) is 2.46. The highest BCUT2D eigenvalue weighted by Gasteiger charge is 2.07. The van der Waals surface area contributed by atoms with Gasteiger partial charge in [-0.3, -0.25) is 4.79 Å². The number of rotatable bonds is 2. The Morgan fingerprint density at radius 1 is 1.41 bits per heavy atom. The standard InChI is InChI=1S/C12H9ClN2OS/c1-8-2-3-9(6-14)12(16)15(8)7-10-4-5-11(13)17-10/h2-5H,7H2,1H3. The van der Waals surface area contributed by atoms with Gasteiger partial charge in [-0.05, 0) is 31.2 Å². The second-order valence-electron chi connectivity index (χ2n) is 3.60. The first kappa shape index (κ1) is 11.9. The van der Waals surface area contributed by atoms with E-state index in [1.807, 2.05) is 19.1 Å². The molecule has 0 aliphatic carbocycles. The van der Waals surface area contributed by atoms with Gasteiger partial charge in [0.15, 0.2) is 0 Å². The Morgan fingerprint density at radius 2 is 2.18 bits per heavy atom. The highest BCUT2D eigenvalue weighted by Crippen LogP contribution is 2.22. The van der Waals surface area contributed by atoms with Crippen LogP contribution in [-0.4, -0.2) is 4.57 Å². The maximum atomic E-state index is 11.9. The second-order valence-corrected chi connectivity index (χ2v) is 5.40. The summed E-state index contributed by atoms with van der Waals surface area (Å²) < 4.78 is 2.28. The number of nitrogens with zero attached hydrogens (tertiary/aromatic N) is 2. The predicted molar refractivity (Wildman–Crippen MR) is 68.6 cm³/mol. The van der Waals surface area contributed by atoms with Gasteiger partial charge in [0.1, 0.15) is 11.6 Å². The highest BCUT2D eigenvalue weighted by molar-refractivity contribution is 7.16. The van der Waals surface area contributed by atoms with E-state index >= 15 is 0 Å². The molecule has 0 N–H and O–H groups in total. The number of aryl methyl sites for hydroxylation is 1. The van der Waals surface area contributed by atoms with Crippen LogP contribution < -0.4 is 5.56 Å². The van der Waals surface area contributed by atoms with Gasteiger partial charge < -0.3 is 4.57 Å². The van der Waals surface area contributed by atoms with E-state index in [1.165, 1.54) is 11.3 Å². The minimum atomic E-state index is -0.253. The monoisotopic (exact) mass is 264 g/mol. The summed E-state index contributed by atoms with van der Waals surface area (Å²) >= 11 is 7.28. The van der Waals surface area contributed by atoms with Crippen LogP contribution in [0.2, 0.25) is 4.34 Å². The zero-order chi connectivity index (χ0) is 12.4. The Morgan fingerprint density at radius 3 is 2.76 bits per heavy atom. The Bertz CT molecular complexity index is 651. The molecule has 3 nitrogen and oxygen atoms in total. The summed E-state index contributed by atoms with van der Waals surface area (Å²) in [5.41, 5.74) is 0.744. The molecule has 0 radical (unpaired) electrons. The van der Waals surface area contributed by atoms with Crippen LogP contribution in [0.25, 0.3) is 0 Å².